The van der Waals surface area contributed by atoms with Gasteiger partial charge >= 0.3 is 0 Å². The summed E-state index contributed by atoms with van der Waals surface area (Å²) in [4.78, 5) is 28.2. The highest BCUT2D eigenvalue weighted by Crippen LogP contribution is 2.24. The van der Waals surface area contributed by atoms with Crippen LogP contribution in [0.5, 0.6) is 0 Å². The number of nitrogens with one attached hydrogen (secondary N) is 1. The first-order chi connectivity index (χ1) is 9.02. The fraction of sp³-hybridized carbons (Fsp3) is 0.571. The van der Waals surface area contributed by atoms with E-state index in [9.17, 15) is 9.59 Å². The van der Waals surface area contributed by atoms with Crippen LogP contribution in [-0.2, 0) is 0 Å². The molecular formula is C14H21N3O2. The molecule has 1 aromatic heterocycles. The van der Waals surface area contributed by atoms with Gasteiger partial charge in [0.05, 0.1) is 5.56 Å². The number of hydrogen-bond acceptors (Lipinski definition) is 3. The van der Waals surface area contributed by atoms with E-state index in [2.05, 4.69) is 11.9 Å². The Balaban J connectivity index is 2.25. The maximum absolute atomic E-state index is 12.6. The normalized spacial score (nSPS) is 23.4. The Morgan fingerprint density at radius 2 is 2.32 bits per heavy atom. The summed E-state index contributed by atoms with van der Waals surface area (Å²) in [6.07, 6.45) is 3.46. The number of piperidine rings is 1. The summed E-state index contributed by atoms with van der Waals surface area (Å²) < 4.78 is 0. The Hall–Kier alpha value is -1.62. The Morgan fingerprint density at radius 1 is 1.58 bits per heavy atom. The van der Waals surface area contributed by atoms with Crippen molar-refractivity contribution in [3.05, 3.63) is 33.7 Å². The Kier molecular flexibility index (Phi) is 4.04. The molecule has 2 unspecified atom stereocenters. The van der Waals surface area contributed by atoms with Crippen molar-refractivity contribution in [3.8, 4) is 0 Å². The van der Waals surface area contributed by atoms with Gasteiger partial charge in [0.1, 0.15) is 0 Å². The summed E-state index contributed by atoms with van der Waals surface area (Å²) in [6, 6.07) is 1.56. The molecule has 0 bridgehead atoms. The van der Waals surface area contributed by atoms with Crippen molar-refractivity contribution in [1.29, 1.82) is 0 Å². The van der Waals surface area contributed by atoms with Crippen molar-refractivity contribution in [3.63, 3.8) is 0 Å². The zero-order valence-corrected chi connectivity index (χ0v) is 11.5. The molecule has 0 saturated carbocycles. The van der Waals surface area contributed by atoms with Crippen molar-refractivity contribution < 1.29 is 4.79 Å². The monoisotopic (exact) mass is 263 g/mol. The van der Waals surface area contributed by atoms with Crippen LogP contribution in [-0.4, -0.2) is 34.9 Å². The molecule has 1 aliphatic rings. The summed E-state index contributed by atoms with van der Waals surface area (Å²) in [7, 11) is 0. The van der Waals surface area contributed by atoms with Gasteiger partial charge in [0.25, 0.3) is 5.91 Å². The van der Waals surface area contributed by atoms with E-state index in [1.165, 1.54) is 12.3 Å². The minimum Gasteiger partial charge on any atom is -0.334 e. The molecule has 1 aliphatic heterocycles. The summed E-state index contributed by atoms with van der Waals surface area (Å²) >= 11 is 0. The highest BCUT2D eigenvalue weighted by molar-refractivity contribution is 5.95. The minimum absolute atomic E-state index is 0.0314. The number of carbonyl (C=O) groups excluding carboxylic acids is 1. The third kappa shape index (κ3) is 2.87. The summed E-state index contributed by atoms with van der Waals surface area (Å²) in [6.45, 7) is 5.20. The van der Waals surface area contributed by atoms with Crippen molar-refractivity contribution in [2.45, 2.75) is 32.7 Å². The summed E-state index contributed by atoms with van der Waals surface area (Å²) in [5.74, 6) is 0.574. The first kappa shape index (κ1) is 13.8. The molecule has 1 saturated heterocycles. The van der Waals surface area contributed by atoms with Gasteiger partial charge in [0, 0.05) is 31.4 Å². The van der Waals surface area contributed by atoms with Gasteiger partial charge in [0.15, 0.2) is 0 Å². The number of rotatable bonds is 2. The lowest BCUT2D eigenvalue weighted by atomic mass is 9.91. The van der Waals surface area contributed by atoms with Crippen LogP contribution in [0.4, 0.5) is 0 Å². The molecule has 5 heteroatoms. The first-order valence-electron chi connectivity index (χ1n) is 6.73. The summed E-state index contributed by atoms with van der Waals surface area (Å²) in [5.41, 5.74) is 6.87. The van der Waals surface area contributed by atoms with Gasteiger partial charge in [-0.05, 0) is 31.2 Å². The van der Waals surface area contributed by atoms with Gasteiger partial charge in [0.2, 0.25) is 5.56 Å². The number of amides is 1. The van der Waals surface area contributed by atoms with Crippen LogP contribution in [0, 0.1) is 12.8 Å². The lowest BCUT2D eigenvalue weighted by Crippen LogP contribution is -2.49. The van der Waals surface area contributed by atoms with E-state index in [1.807, 2.05) is 4.90 Å². The van der Waals surface area contributed by atoms with E-state index in [-0.39, 0.29) is 17.5 Å². The smallest absolute Gasteiger partial charge is 0.255 e. The number of nitrogens with zero attached hydrogens (tertiary/aromatic N) is 1. The number of likely N-dealkylation sites (tertiary alicyclic amines) is 1. The van der Waals surface area contributed by atoms with Crippen LogP contribution in [0.1, 0.15) is 35.7 Å². The molecular weight excluding hydrogens is 242 g/mol. The van der Waals surface area contributed by atoms with Crippen LogP contribution in [0.15, 0.2) is 17.1 Å². The second-order valence-corrected chi connectivity index (χ2v) is 5.41. The van der Waals surface area contributed by atoms with E-state index in [0.717, 1.165) is 19.4 Å². The number of nitrogens with two attached hydrogens (primary N) is 1. The third-order valence-corrected chi connectivity index (χ3v) is 3.87. The zero-order valence-electron chi connectivity index (χ0n) is 11.5. The van der Waals surface area contributed by atoms with Crippen LogP contribution in [0.3, 0.4) is 0 Å². The SMILES string of the molecule is Cc1cc(=O)[nH]cc1C(=O)N1CCC(C)CC1CN. The second kappa shape index (κ2) is 5.57. The number of aryl methyl sites for hydroxylation is 1. The van der Waals surface area contributed by atoms with Gasteiger partial charge in [-0.25, -0.2) is 0 Å². The molecule has 19 heavy (non-hydrogen) atoms. The average Bonchev–Trinajstić information content (AvgIpc) is 2.37. The lowest BCUT2D eigenvalue weighted by Gasteiger charge is -2.38. The van der Waals surface area contributed by atoms with Crippen LogP contribution < -0.4 is 11.3 Å². The van der Waals surface area contributed by atoms with Gasteiger partial charge in [-0.1, -0.05) is 6.92 Å². The highest BCUT2D eigenvalue weighted by Gasteiger charge is 2.30. The summed E-state index contributed by atoms with van der Waals surface area (Å²) in [5, 5.41) is 0. The Morgan fingerprint density at radius 3 is 2.95 bits per heavy atom. The Bertz CT molecular complexity index is 524. The van der Waals surface area contributed by atoms with Crippen LogP contribution >= 0.6 is 0 Å². The maximum Gasteiger partial charge on any atom is 0.255 e. The molecule has 0 spiro atoms. The van der Waals surface area contributed by atoms with Crippen molar-refractivity contribution in [1.82, 2.24) is 9.88 Å². The van der Waals surface area contributed by atoms with Crippen LogP contribution in [0.2, 0.25) is 0 Å². The standard InChI is InChI=1S/C14H21N3O2/c1-9-3-4-17(11(5-9)7-15)14(19)12-8-16-13(18)6-10(12)2/h6,8-9,11H,3-5,7,15H2,1-2H3,(H,16,18). The Labute approximate surface area is 112 Å². The van der Waals surface area contributed by atoms with E-state index in [0.29, 0.717) is 23.6 Å². The molecule has 5 nitrogen and oxygen atoms in total. The van der Waals surface area contributed by atoms with Gasteiger partial charge in [-0.2, -0.15) is 0 Å². The van der Waals surface area contributed by atoms with E-state index in [4.69, 9.17) is 5.73 Å². The largest absolute Gasteiger partial charge is 0.334 e. The first-order valence-corrected chi connectivity index (χ1v) is 6.73. The predicted octanol–water partition coefficient (Wildman–Crippen LogP) is 0.883. The fourth-order valence-corrected chi connectivity index (χ4v) is 2.70. The van der Waals surface area contributed by atoms with Crippen LogP contribution in [0.25, 0.3) is 0 Å². The van der Waals surface area contributed by atoms with Gasteiger partial charge < -0.3 is 15.6 Å². The molecule has 1 amide bonds. The van der Waals surface area contributed by atoms with Crippen molar-refractivity contribution in [2.24, 2.45) is 11.7 Å². The molecule has 104 valence electrons. The average molecular weight is 263 g/mol. The lowest BCUT2D eigenvalue weighted by molar-refractivity contribution is 0.0572. The molecule has 1 fully saturated rings. The molecule has 0 radical (unpaired) electrons. The molecule has 0 aromatic carbocycles. The zero-order chi connectivity index (χ0) is 14.0. The number of H-pyrrole nitrogens is 1. The molecule has 3 N–H and O–H groups in total. The maximum atomic E-state index is 12.6. The van der Waals surface area contributed by atoms with E-state index >= 15 is 0 Å². The molecule has 0 aliphatic carbocycles. The van der Waals surface area contributed by atoms with Crippen molar-refractivity contribution >= 4 is 5.91 Å². The van der Waals surface area contributed by atoms with Gasteiger partial charge in [-0.15, -0.1) is 0 Å². The number of carbonyl (C=O) groups is 1. The molecule has 1 aromatic rings. The number of pyridine rings is 1. The minimum atomic E-state index is -0.184. The quantitative estimate of drug-likeness (QED) is 0.831. The topological polar surface area (TPSA) is 79.2 Å². The van der Waals surface area contributed by atoms with Crippen molar-refractivity contribution in [2.75, 3.05) is 13.1 Å². The second-order valence-electron chi connectivity index (χ2n) is 5.41. The molecule has 2 rings (SSSR count). The highest BCUT2D eigenvalue weighted by atomic mass is 16.2. The third-order valence-electron chi connectivity index (χ3n) is 3.87. The number of hydrogen-bond donors (Lipinski definition) is 2. The fourth-order valence-electron chi connectivity index (χ4n) is 2.70. The predicted molar refractivity (Wildman–Crippen MR) is 74.1 cm³/mol. The number of aromatic nitrogens is 1. The molecule has 2 heterocycles. The van der Waals surface area contributed by atoms with E-state index in [1.54, 1.807) is 6.92 Å². The van der Waals surface area contributed by atoms with Gasteiger partial charge in [-0.3, -0.25) is 9.59 Å². The molecule has 2 atom stereocenters. The van der Waals surface area contributed by atoms with E-state index < -0.39 is 0 Å². The number of aromatic amines is 1.